The molecule has 0 N–H and O–H groups in total. The molecule has 2 aromatic rings. The fraction of sp³-hybridized carbons (Fsp3) is 0.571. The van der Waals surface area contributed by atoms with Crippen LogP contribution < -0.4 is 15.2 Å². The lowest BCUT2D eigenvalue weighted by Crippen LogP contribution is -2.47. The minimum absolute atomic E-state index is 0.0436. The van der Waals surface area contributed by atoms with Crippen LogP contribution in [0.5, 0.6) is 0 Å². The number of methoxy groups -OCH3 is 2. The minimum atomic E-state index is -0.0436. The maximum absolute atomic E-state index is 5.27. The van der Waals surface area contributed by atoms with Crippen molar-refractivity contribution >= 4 is 45.9 Å². The van der Waals surface area contributed by atoms with E-state index >= 15 is 0 Å². The van der Waals surface area contributed by atoms with Crippen molar-refractivity contribution in [3.05, 3.63) is 45.3 Å². The van der Waals surface area contributed by atoms with Gasteiger partial charge in [-0.25, -0.2) is 4.99 Å². The summed E-state index contributed by atoms with van der Waals surface area (Å²) in [7, 11) is 3.52. The largest absolute Gasteiger partial charge is 0.383 e. The summed E-state index contributed by atoms with van der Waals surface area (Å²) in [6, 6.07) is 9.54. The lowest BCUT2D eigenvalue weighted by molar-refractivity contribution is 0.144. The Morgan fingerprint density at radius 2 is 1.27 bits per heavy atom. The smallest absolute Gasteiger partial charge is 0.0806 e. The average molecular weight is 638 g/mol. The van der Waals surface area contributed by atoms with Gasteiger partial charge in [0.05, 0.1) is 24.3 Å². The molecule has 202 valence electrons. The van der Waals surface area contributed by atoms with Gasteiger partial charge in [-0.1, -0.05) is 7.66 Å². The molecular weight excluding hydrogens is 597 g/mol. The molecule has 37 heavy (non-hydrogen) atoms. The normalized spacial score (nSPS) is 20.5. The molecule has 0 amide bonds. The van der Waals surface area contributed by atoms with Crippen molar-refractivity contribution in [1.29, 1.82) is 0 Å². The molecule has 2 saturated heterocycles. The van der Waals surface area contributed by atoms with E-state index in [4.69, 9.17) is 14.5 Å². The van der Waals surface area contributed by atoms with Crippen LogP contribution in [0, 0.1) is 18.4 Å². The van der Waals surface area contributed by atoms with Gasteiger partial charge in [0.15, 0.2) is 0 Å². The van der Waals surface area contributed by atoms with Gasteiger partial charge < -0.3 is 19.3 Å². The van der Waals surface area contributed by atoms with Crippen molar-refractivity contribution < 1.29 is 9.47 Å². The molecule has 7 nitrogen and oxygen atoms in total. The molecule has 2 fully saturated rings. The highest BCUT2D eigenvalue weighted by Gasteiger charge is 2.23. The number of fused-ring (bicyclic) bond motifs is 2. The molecule has 5 rings (SSSR count). The van der Waals surface area contributed by atoms with Crippen LogP contribution in [-0.4, -0.2) is 103 Å². The maximum Gasteiger partial charge on any atom is 0.0806 e. The van der Waals surface area contributed by atoms with E-state index in [9.17, 15) is 0 Å². The predicted molar refractivity (Wildman–Crippen MR) is 163 cm³/mol. The lowest BCUT2D eigenvalue weighted by atomic mass is 10.1. The quantitative estimate of drug-likeness (QED) is 0.322. The maximum atomic E-state index is 5.27. The number of anilines is 2. The Kier molecular flexibility index (Phi) is 9.08. The van der Waals surface area contributed by atoms with Gasteiger partial charge in [-0.05, 0) is 70.4 Å². The minimum Gasteiger partial charge on any atom is -0.383 e. The molecule has 1 unspecified atom stereocenters. The highest BCUT2D eigenvalue weighted by atomic mass is 127. The number of hydrogen-bond donors (Lipinski definition) is 0. The summed E-state index contributed by atoms with van der Waals surface area (Å²) in [6.45, 7) is 16.7. The monoisotopic (exact) mass is 637 g/mol. The molecule has 3 aliphatic heterocycles. The fourth-order valence-corrected chi connectivity index (χ4v) is 8.97. The summed E-state index contributed by atoms with van der Waals surface area (Å²) < 4.78 is 11.9. The third-order valence-corrected chi connectivity index (χ3v) is 12.0. The lowest BCUT2D eigenvalue weighted by Gasteiger charge is -2.36. The van der Waals surface area contributed by atoms with E-state index < -0.39 is 0 Å². The summed E-state index contributed by atoms with van der Waals surface area (Å²) in [5.41, 5.74) is 6.43. The number of nitrogens with zero attached hydrogens (tertiary/aromatic N) is 5. The van der Waals surface area contributed by atoms with Crippen molar-refractivity contribution in [3.8, 4) is 0 Å². The average Bonchev–Trinajstić information content (AvgIpc) is 2.92. The second-order valence-corrected chi connectivity index (χ2v) is 14.3. The van der Waals surface area contributed by atoms with Crippen LogP contribution in [0.4, 0.5) is 17.1 Å². The fourth-order valence-electron chi connectivity index (χ4n) is 5.51. The molecule has 9 heteroatoms. The van der Waals surface area contributed by atoms with Crippen molar-refractivity contribution in [3.63, 3.8) is 0 Å². The van der Waals surface area contributed by atoms with Crippen LogP contribution in [0.1, 0.15) is 11.1 Å². The van der Waals surface area contributed by atoms with Gasteiger partial charge in [0, 0.05) is 100 Å². The first kappa shape index (κ1) is 27.3. The van der Waals surface area contributed by atoms with Crippen LogP contribution in [0.3, 0.4) is 0 Å². The first-order chi connectivity index (χ1) is 18.0. The zero-order valence-corrected chi connectivity index (χ0v) is 25.6. The van der Waals surface area contributed by atoms with Crippen molar-refractivity contribution in [1.82, 2.24) is 9.80 Å². The van der Waals surface area contributed by atoms with Gasteiger partial charge in [-0.3, -0.25) is 9.80 Å². The number of piperazine rings is 2. The zero-order chi connectivity index (χ0) is 25.9. The Balaban J connectivity index is 1.40. The molecule has 2 aromatic carbocycles. The molecule has 0 spiro atoms. The Morgan fingerprint density at radius 1 is 0.757 bits per heavy atom. The SMILES string of the molecule is COCCN1CCN(c2cc(C)c3c(c2)S(I)=c2cc(N4CCN(CCOC)CC4)cc(C)c2=N3)CC1. The van der Waals surface area contributed by atoms with Gasteiger partial charge in [-0.15, -0.1) is 0 Å². The van der Waals surface area contributed by atoms with Crippen LogP contribution in [-0.2, 0) is 9.47 Å². The van der Waals surface area contributed by atoms with E-state index in [-0.39, 0.29) is 7.66 Å². The molecule has 0 aromatic heterocycles. The molecule has 3 aliphatic rings. The number of hydrogen-bond acceptors (Lipinski definition) is 7. The summed E-state index contributed by atoms with van der Waals surface area (Å²) in [4.78, 5) is 16.7. The first-order valence-corrected chi connectivity index (χ1v) is 17.1. The topological polar surface area (TPSA) is 43.8 Å². The Hall–Kier alpha value is -1.24. The third-order valence-electron chi connectivity index (χ3n) is 7.81. The highest BCUT2D eigenvalue weighted by molar-refractivity contribution is 14.2. The number of aryl methyl sites for hydroxylation is 2. The van der Waals surface area contributed by atoms with Gasteiger partial charge in [0.1, 0.15) is 0 Å². The van der Waals surface area contributed by atoms with Crippen molar-refractivity contribution in [2.24, 2.45) is 4.99 Å². The van der Waals surface area contributed by atoms with Crippen LogP contribution in [0.2, 0.25) is 0 Å². The van der Waals surface area contributed by atoms with Gasteiger partial charge in [0.2, 0.25) is 0 Å². The van der Waals surface area contributed by atoms with E-state index in [0.29, 0.717) is 0 Å². The first-order valence-electron chi connectivity index (χ1n) is 13.3. The number of rotatable bonds is 8. The third kappa shape index (κ3) is 6.01. The number of ether oxygens (including phenoxy) is 2. The molecule has 0 aliphatic carbocycles. The molecular formula is C28H40IN5O2S. The predicted octanol–water partition coefficient (Wildman–Crippen LogP) is 4.03. The van der Waals surface area contributed by atoms with Crippen LogP contribution >= 0.6 is 28.9 Å². The zero-order valence-electron chi connectivity index (χ0n) is 22.6. The Bertz CT molecular complexity index is 1240. The van der Waals surface area contributed by atoms with Gasteiger partial charge >= 0.3 is 0 Å². The summed E-state index contributed by atoms with van der Waals surface area (Å²) in [5.74, 6) is 0. The molecule has 1 atom stereocenters. The standard InChI is InChI=1S/C28H40IN5O2S/c1-21-17-23(33-9-5-31(6-10-33)13-15-35-3)19-25-27(21)30-28-22(2)18-24(20-26(28)37(25)29)34-11-7-32(8-12-34)14-16-36-4/h17-20H,5-16H2,1-4H3. The van der Waals surface area contributed by atoms with E-state index in [1.165, 1.54) is 43.0 Å². The number of benzene rings is 2. The molecule has 0 radical (unpaired) electrons. The second kappa shape index (κ2) is 12.3. The Morgan fingerprint density at radius 3 is 1.81 bits per heavy atom. The number of halogens is 1. The summed E-state index contributed by atoms with van der Waals surface area (Å²) >= 11 is 2.67. The van der Waals surface area contributed by atoms with E-state index in [2.05, 4.69) is 78.9 Å². The molecule has 0 bridgehead atoms. The van der Waals surface area contributed by atoms with Crippen molar-refractivity contribution in [2.75, 3.05) is 103 Å². The van der Waals surface area contributed by atoms with Gasteiger partial charge in [0.25, 0.3) is 0 Å². The Labute approximate surface area is 235 Å². The van der Waals surface area contributed by atoms with Crippen LogP contribution in [0.15, 0.2) is 34.2 Å². The van der Waals surface area contributed by atoms with Crippen LogP contribution in [0.25, 0.3) is 0 Å². The summed E-state index contributed by atoms with van der Waals surface area (Å²) in [5, 5.41) is 1.18. The van der Waals surface area contributed by atoms with E-state index in [1.54, 1.807) is 14.2 Å². The molecule has 3 heterocycles. The summed E-state index contributed by atoms with van der Waals surface area (Å²) in [6.07, 6.45) is 0. The second-order valence-electron chi connectivity index (χ2n) is 10.2. The van der Waals surface area contributed by atoms with E-state index in [1.807, 2.05) is 0 Å². The van der Waals surface area contributed by atoms with Crippen molar-refractivity contribution in [2.45, 2.75) is 18.7 Å². The van der Waals surface area contributed by atoms with E-state index in [0.717, 1.165) is 78.7 Å². The highest BCUT2D eigenvalue weighted by Crippen LogP contribution is 2.48. The van der Waals surface area contributed by atoms with Gasteiger partial charge in [-0.2, -0.15) is 0 Å². The molecule has 0 saturated carbocycles.